The van der Waals surface area contributed by atoms with Crippen LogP contribution in [-0.4, -0.2) is 9.55 Å². The highest BCUT2D eigenvalue weighted by Crippen LogP contribution is 2.34. The van der Waals surface area contributed by atoms with Crippen molar-refractivity contribution in [3.05, 3.63) is 95.3 Å². The highest BCUT2D eigenvalue weighted by Gasteiger charge is 2.38. The first-order valence-corrected chi connectivity index (χ1v) is 9.00. The molecule has 31 heavy (non-hydrogen) atoms. The van der Waals surface area contributed by atoms with Crippen LogP contribution in [0.4, 0.5) is 22.0 Å². The molecule has 0 unspecified atom stereocenters. The van der Waals surface area contributed by atoms with Crippen molar-refractivity contribution in [1.82, 2.24) is 9.55 Å². The summed E-state index contributed by atoms with van der Waals surface area (Å²) in [6, 6.07) is 16.7. The minimum absolute atomic E-state index is 0.117. The lowest BCUT2D eigenvalue weighted by Crippen LogP contribution is -2.13. The summed E-state index contributed by atoms with van der Waals surface area (Å²) in [5.41, 5.74) is 0.820. The molecule has 4 rings (SSSR count). The van der Waals surface area contributed by atoms with Gasteiger partial charge in [0.15, 0.2) is 0 Å². The van der Waals surface area contributed by atoms with E-state index in [2.05, 4.69) is 4.98 Å². The van der Waals surface area contributed by atoms with E-state index >= 15 is 0 Å². The van der Waals surface area contributed by atoms with Gasteiger partial charge in [0, 0.05) is 11.3 Å². The summed E-state index contributed by atoms with van der Waals surface area (Å²) in [6.07, 6.45) is -3.33. The average Bonchev–Trinajstić information content (AvgIpc) is 3.15. The Labute approximate surface area is 173 Å². The summed E-state index contributed by atoms with van der Waals surface area (Å²) < 4.78 is 69.0. The minimum Gasteiger partial charge on any atom is -0.289 e. The van der Waals surface area contributed by atoms with Gasteiger partial charge in [-0.3, -0.25) is 4.57 Å². The summed E-state index contributed by atoms with van der Waals surface area (Å²) in [6.45, 7) is 0. The number of fused-ring (bicyclic) bond motifs is 1. The number of benzene rings is 3. The average molecular weight is 425 g/mol. The number of imidazole rings is 1. The number of alkyl halides is 3. The number of nitrogens with zero attached hydrogens (tertiary/aromatic N) is 3. The van der Waals surface area contributed by atoms with Crippen LogP contribution < -0.4 is 0 Å². The summed E-state index contributed by atoms with van der Waals surface area (Å²) in [5.74, 6) is -2.51. The van der Waals surface area contributed by atoms with Crippen molar-refractivity contribution in [2.45, 2.75) is 6.18 Å². The molecule has 0 bridgehead atoms. The topological polar surface area (TPSA) is 41.6 Å². The smallest absolute Gasteiger partial charge is 0.289 e. The number of hydrogen-bond acceptors (Lipinski definition) is 2. The Balaban J connectivity index is 1.78. The zero-order valence-corrected chi connectivity index (χ0v) is 15.7. The number of halogens is 5. The van der Waals surface area contributed by atoms with Gasteiger partial charge in [-0.2, -0.15) is 18.4 Å². The van der Waals surface area contributed by atoms with Crippen molar-refractivity contribution in [1.29, 1.82) is 5.26 Å². The number of para-hydroxylation sites is 2. The number of allylic oxidation sites excluding steroid dienone is 1. The van der Waals surface area contributed by atoms with E-state index in [1.165, 1.54) is 42.5 Å². The van der Waals surface area contributed by atoms with Crippen molar-refractivity contribution < 1.29 is 22.0 Å². The fraction of sp³-hybridized carbons (Fsp3) is 0.0435. The molecule has 0 amide bonds. The molecule has 0 aliphatic heterocycles. The van der Waals surface area contributed by atoms with E-state index in [0.29, 0.717) is 5.56 Å². The van der Waals surface area contributed by atoms with Crippen LogP contribution in [-0.2, 0) is 6.18 Å². The van der Waals surface area contributed by atoms with Gasteiger partial charge in [-0.05, 0) is 54.1 Å². The third-order valence-corrected chi connectivity index (χ3v) is 4.62. The largest absolute Gasteiger partial charge is 0.450 e. The lowest BCUT2D eigenvalue weighted by molar-refractivity contribution is -0.145. The van der Waals surface area contributed by atoms with Crippen molar-refractivity contribution in [2.75, 3.05) is 0 Å². The van der Waals surface area contributed by atoms with Crippen molar-refractivity contribution >= 4 is 22.7 Å². The molecule has 154 valence electrons. The lowest BCUT2D eigenvalue weighted by atomic mass is 10.0. The van der Waals surface area contributed by atoms with E-state index in [9.17, 15) is 27.2 Å². The van der Waals surface area contributed by atoms with E-state index in [1.807, 2.05) is 6.07 Å². The molecule has 0 saturated heterocycles. The number of aromatic nitrogens is 2. The van der Waals surface area contributed by atoms with Crippen LogP contribution in [0.3, 0.4) is 0 Å². The molecule has 0 aliphatic rings. The van der Waals surface area contributed by atoms with Crippen molar-refractivity contribution in [2.24, 2.45) is 0 Å². The van der Waals surface area contributed by atoms with E-state index in [0.717, 1.165) is 22.8 Å². The van der Waals surface area contributed by atoms with Gasteiger partial charge in [0.2, 0.25) is 5.82 Å². The molecular weight excluding hydrogens is 413 g/mol. The summed E-state index contributed by atoms with van der Waals surface area (Å²) in [7, 11) is 0. The second-order valence-electron chi connectivity index (χ2n) is 6.64. The van der Waals surface area contributed by atoms with Crippen LogP contribution in [0.25, 0.3) is 28.4 Å². The molecule has 0 aliphatic carbocycles. The van der Waals surface area contributed by atoms with Gasteiger partial charge in [0.1, 0.15) is 11.6 Å². The maximum absolute atomic E-state index is 14.0. The Morgan fingerprint density at radius 1 is 0.968 bits per heavy atom. The number of nitriles is 1. The Morgan fingerprint density at radius 3 is 2.35 bits per heavy atom. The molecule has 0 spiro atoms. The third-order valence-electron chi connectivity index (χ3n) is 4.62. The fourth-order valence-electron chi connectivity index (χ4n) is 3.24. The SMILES string of the molecule is N#C/C(=C\c1ccc(-n2c(C(F)(F)F)nc3ccccc32)cc1)c1cc(F)ccc1F. The molecular formula is C23H12F5N3. The number of hydrogen-bond donors (Lipinski definition) is 0. The Morgan fingerprint density at radius 2 is 1.68 bits per heavy atom. The molecule has 3 nitrogen and oxygen atoms in total. The molecule has 1 heterocycles. The van der Waals surface area contributed by atoms with Crippen LogP contribution >= 0.6 is 0 Å². The first-order chi connectivity index (χ1) is 14.8. The van der Waals surface area contributed by atoms with Crippen LogP contribution in [0.5, 0.6) is 0 Å². The molecule has 0 saturated carbocycles. The summed E-state index contributed by atoms with van der Waals surface area (Å²) in [4.78, 5) is 3.71. The quantitative estimate of drug-likeness (QED) is 0.217. The standard InChI is InChI=1S/C23H12F5N3/c24-16-7-10-19(25)18(12-16)15(13-29)11-14-5-8-17(9-6-14)31-21-4-2-1-3-20(21)30-22(31)23(26,27)28/h1-12H/b15-11+. The van der Waals surface area contributed by atoms with Gasteiger partial charge < -0.3 is 0 Å². The second kappa shape index (κ2) is 7.69. The van der Waals surface area contributed by atoms with Crippen molar-refractivity contribution in [3.8, 4) is 11.8 Å². The van der Waals surface area contributed by atoms with Crippen LogP contribution in [0.1, 0.15) is 17.0 Å². The Hall–Kier alpha value is -3.99. The number of rotatable bonds is 3. The molecule has 0 radical (unpaired) electrons. The second-order valence-corrected chi connectivity index (χ2v) is 6.64. The first kappa shape index (κ1) is 20.3. The zero-order valence-electron chi connectivity index (χ0n) is 15.7. The van der Waals surface area contributed by atoms with Crippen molar-refractivity contribution in [3.63, 3.8) is 0 Å². The van der Waals surface area contributed by atoms with Gasteiger partial charge in [0.25, 0.3) is 0 Å². The van der Waals surface area contributed by atoms with Gasteiger partial charge in [-0.1, -0.05) is 24.3 Å². The minimum atomic E-state index is -4.67. The maximum Gasteiger partial charge on any atom is 0.450 e. The lowest BCUT2D eigenvalue weighted by Gasteiger charge is -2.12. The predicted molar refractivity (Wildman–Crippen MR) is 106 cm³/mol. The van der Waals surface area contributed by atoms with Gasteiger partial charge in [0.05, 0.1) is 22.7 Å². The van der Waals surface area contributed by atoms with E-state index in [1.54, 1.807) is 12.1 Å². The molecule has 0 N–H and O–H groups in total. The van der Waals surface area contributed by atoms with Gasteiger partial charge >= 0.3 is 6.18 Å². The monoisotopic (exact) mass is 425 g/mol. The molecule has 3 aromatic carbocycles. The predicted octanol–water partition coefficient (Wildman–Crippen LogP) is 6.39. The van der Waals surface area contributed by atoms with Gasteiger partial charge in [-0.25, -0.2) is 13.8 Å². The highest BCUT2D eigenvalue weighted by atomic mass is 19.4. The highest BCUT2D eigenvalue weighted by molar-refractivity contribution is 5.90. The van der Waals surface area contributed by atoms with E-state index < -0.39 is 23.6 Å². The van der Waals surface area contributed by atoms with E-state index in [4.69, 9.17) is 0 Å². The Kier molecular flexibility index (Phi) is 5.03. The Bertz CT molecular complexity index is 1340. The fourth-order valence-corrected chi connectivity index (χ4v) is 3.24. The normalized spacial score (nSPS) is 12.2. The molecule has 8 heteroatoms. The first-order valence-electron chi connectivity index (χ1n) is 9.00. The maximum atomic E-state index is 14.0. The molecule has 1 aromatic heterocycles. The molecule has 0 atom stereocenters. The summed E-state index contributed by atoms with van der Waals surface area (Å²) >= 11 is 0. The van der Waals surface area contributed by atoms with E-state index in [-0.39, 0.29) is 27.9 Å². The zero-order chi connectivity index (χ0) is 22.2. The third kappa shape index (κ3) is 3.90. The van der Waals surface area contributed by atoms with Gasteiger partial charge in [-0.15, -0.1) is 0 Å². The van der Waals surface area contributed by atoms with Crippen LogP contribution in [0.15, 0.2) is 66.7 Å². The van der Waals surface area contributed by atoms with Crippen LogP contribution in [0, 0.1) is 23.0 Å². The molecule has 0 fully saturated rings. The summed E-state index contributed by atoms with van der Waals surface area (Å²) in [5, 5.41) is 9.36. The molecule has 4 aromatic rings. The van der Waals surface area contributed by atoms with Crippen LogP contribution in [0.2, 0.25) is 0 Å².